The zero-order chi connectivity index (χ0) is 13.0. The summed E-state index contributed by atoms with van der Waals surface area (Å²) in [7, 11) is 0. The molecule has 92 valence electrons. The van der Waals surface area contributed by atoms with Gasteiger partial charge in [-0.15, -0.1) is 5.10 Å². The lowest BCUT2D eigenvalue weighted by Gasteiger charge is -2.04. The van der Waals surface area contributed by atoms with E-state index in [0.717, 1.165) is 16.8 Å². The summed E-state index contributed by atoms with van der Waals surface area (Å²) in [5, 5.41) is 10.5. The van der Waals surface area contributed by atoms with Crippen LogP contribution < -0.4 is 5.32 Å². The average molecular weight is 241 g/mol. The predicted octanol–water partition coefficient (Wildman–Crippen LogP) is 2.27. The van der Waals surface area contributed by atoms with E-state index < -0.39 is 0 Å². The summed E-state index contributed by atoms with van der Waals surface area (Å²) in [6, 6.07) is 11.5. The summed E-state index contributed by atoms with van der Waals surface area (Å²) in [4.78, 5) is 11.8. The van der Waals surface area contributed by atoms with Crippen molar-refractivity contribution in [3.8, 4) is 0 Å². The molecule has 0 unspecified atom stereocenters. The minimum absolute atomic E-state index is 0.0845. The van der Waals surface area contributed by atoms with Gasteiger partial charge in [0.15, 0.2) is 5.82 Å². The number of nitrogens with one attached hydrogen (secondary N) is 1. The zero-order valence-electron chi connectivity index (χ0n) is 10.5. The molecule has 1 amide bonds. The Morgan fingerprint density at radius 1 is 1.17 bits per heavy atom. The van der Waals surface area contributed by atoms with Gasteiger partial charge in [0.1, 0.15) is 0 Å². The van der Waals surface area contributed by atoms with Crippen molar-refractivity contribution in [1.82, 2.24) is 10.2 Å². The van der Waals surface area contributed by atoms with Gasteiger partial charge in [0.25, 0.3) is 0 Å². The van der Waals surface area contributed by atoms with Gasteiger partial charge in [-0.25, -0.2) is 0 Å². The van der Waals surface area contributed by atoms with Crippen LogP contribution in [0.15, 0.2) is 36.4 Å². The van der Waals surface area contributed by atoms with Crippen molar-refractivity contribution in [3.05, 3.63) is 53.2 Å². The first kappa shape index (κ1) is 12.2. The fraction of sp³-hybridized carbons (Fsp3) is 0.214. The zero-order valence-corrected chi connectivity index (χ0v) is 10.5. The number of carbonyl (C=O) groups is 1. The first-order valence-electron chi connectivity index (χ1n) is 5.79. The van der Waals surface area contributed by atoms with E-state index in [1.54, 1.807) is 6.07 Å². The third-order valence-electron chi connectivity index (χ3n) is 2.51. The molecule has 0 radical (unpaired) electrons. The molecule has 0 spiro atoms. The Kier molecular flexibility index (Phi) is 3.67. The van der Waals surface area contributed by atoms with Crippen LogP contribution in [0.25, 0.3) is 0 Å². The molecule has 2 aromatic rings. The van der Waals surface area contributed by atoms with E-state index >= 15 is 0 Å². The summed E-state index contributed by atoms with van der Waals surface area (Å²) in [5.41, 5.74) is 2.97. The molecule has 1 aromatic carbocycles. The van der Waals surface area contributed by atoms with E-state index in [9.17, 15) is 4.79 Å². The van der Waals surface area contributed by atoms with Crippen LogP contribution in [0.5, 0.6) is 0 Å². The Morgan fingerprint density at radius 2 is 2.00 bits per heavy atom. The second kappa shape index (κ2) is 5.40. The minimum atomic E-state index is -0.0845. The molecule has 0 fully saturated rings. The van der Waals surface area contributed by atoms with Gasteiger partial charge in [-0.3, -0.25) is 4.79 Å². The third kappa shape index (κ3) is 3.38. The van der Waals surface area contributed by atoms with Crippen LogP contribution in [0.1, 0.15) is 16.8 Å². The molecule has 0 saturated carbocycles. The molecule has 18 heavy (non-hydrogen) atoms. The number of hydrogen-bond donors (Lipinski definition) is 1. The van der Waals surface area contributed by atoms with Crippen LogP contribution in [-0.4, -0.2) is 16.1 Å². The quantitative estimate of drug-likeness (QED) is 0.896. The molecule has 0 atom stereocenters. The standard InChI is InChI=1S/C14H15N3O/c1-10-4-3-5-12(8-10)9-14(18)15-13-7-6-11(2)16-17-13/h3-8H,9H2,1-2H3,(H,15,17,18). The Labute approximate surface area is 106 Å². The predicted molar refractivity (Wildman–Crippen MR) is 70.3 cm³/mol. The molecular formula is C14H15N3O. The van der Waals surface area contributed by atoms with E-state index in [4.69, 9.17) is 0 Å². The number of aryl methyl sites for hydroxylation is 2. The maximum atomic E-state index is 11.8. The largest absolute Gasteiger partial charge is 0.309 e. The third-order valence-corrected chi connectivity index (χ3v) is 2.51. The van der Waals surface area contributed by atoms with Gasteiger partial charge in [-0.1, -0.05) is 29.8 Å². The molecule has 0 aliphatic heterocycles. The Hall–Kier alpha value is -2.23. The maximum absolute atomic E-state index is 11.8. The van der Waals surface area contributed by atoms with Crippen LogP contribution in [0.3, 0.4) is 0 Å². The highest BCUT2D eigenvalue weighted by molar-refractivity contribution is 5.91. The Morgan fingerprint density at radius 3 is 2.67 bits per heavy atom. The van der Waals surface area contributed by atoms with Gasteiger partial charge in [0.2, 0.25) is 5.91 Å². The molecule has 0 bridgehead atoms. The minimum Gasteiger partial charge on any atom is -0.309 e. The summed E-state index contributed by atoms with van der Waals surface area (Å²) >= 11 is 0. The Balaban J connectivity index is 1.98. The smallest absolute Gasteiger partial charge is 0.229 e. The molecule has 1 N–H and O–H groups in total. The van der Waals surface area contributed by atoms with Gasteiger partial charge in [-0.05, 0) is 31.5 Å². The van der Waals surface area contributed by atoms with Crippen LogP contribution in [0, 0.1) is 13.8 Å². The number of carbonyl (C=O) groups excluding carboxylic acids is 1. The monoisotopic (exact) mass is 241 g/mol. The van der Waals surface area contributed by atoms with Crippen molar-refractivity contribution in [2.45, 2.75) is 20.3 Å². The normalized spacial score (nSPS) is 10.1. The molecule has 4 nitrogen and oxygen atoms in total. The highest BCUT2D eigenvalue weighted by atomic mass is 16.1. The second-order valence-corrected chi connectivity index (χ2v) is 4.27. The van der Waals surface area contributed by atoms with E-state index in [-0.39, 0.29) is 5.91 Å². The second-order valence-electron chi connectivity index (χ2n) is 4.27. The van der Waals surface area contributed by atoms with Crippen molar-refractivity contribution >= 4 is 11.7 Å². The molecule has 0 saturated heterocycles. The van der Waals surface area contributed by atoms with Gasteiger partial charge >= 0.3 is 0 Å². The highest BCUT2D eigenvalue weighted by Crippen LogP contribution is 2.07. The van der Waals surface area contributed by atoms with E-state index in [1.165, 1.54) is 0 Å². The van der Waals surface area contributed by atoms with Crippen LogP contribution in [0.2, 0.25) is 0 Å². The number of benzene rings is 1. The van der Waals surface area contributed by atoms with E-state index in [1.807, 2.05) is 44.2 Å². The average Bonchev–Trinajstić information content (AvgIpc) is 2.32. The van der Waals surface area contributed by atoms with Crippen LogP contribution in [0.4, 0.5) is 5.82 Å². The lowest BCUT2D eigenvalue weighted by molar-refractivity contribution is -0.115. The maximum Gasteiger partial charge on any atom is 0.229 e. The number of amides is 1. The Bertz CT molecular complexity index is 549. The SMILES string of the molecule is Cc1cccc(CC(=O)Nc2ccc(C)nn2)c1. The summed E-state index contributed by atoms with van der Waals surface area (Å²) in [6.45, 7) is 3.86. The van der Waals surface area contributed by atoms with Crippen molar-refractivity contribution in [1.29, 1.82) is 0 Å². The molecular weight excluding hydrogens is 226 g/mol. The molecule has 1 aromatic heterocycles. The number of aromatic nitrogens is 2. The molecule has 4 heteroatoms. The molecule has 2 rings (SSSR count). The molecule has 0 aliphatic carbocycles. The lowest BCUT2D eigenvalue weighted by atomic mass is 10.1. The fourth-order valence-corrected chi connectivity index (χ4v) is 1.66. The number of nitrogens with zero attached hydrogens (tertiary/aromatic N) is 2. The lowest BCUT2D eigenvalue weighted by Crippen LogP contribution is -2.15. The van der Waals surface area contributed by atoms with Crippen LogP contribution in [-0.2, 0) is 11.2 Å². The van der Waals surface area contributed by atoms with Crippen molar-refractivity contribution in [2.24, 2.45) is 0 Å². The number of anilines is 1. The first-order valence-corrected chi connectivity index (χ1v) is 5.79. The summed E-state index contributed by atoms with van der Waals surface area (Å²) in [5.74, 6) is 0.400. The van der Waals surface area contributed by atoms with Crippen molar-refractivity contribution < 1.29 is 4.79 Å². The van der Waals surface area contributed by atoms with Gasteiger partial charge in [0, 0.05) is 0 Å². The molecule has 1 heterocycles. The summed E-state index contributed by atoms with van der Waals surface area (Å²) < 4.78 is 0. The van der Waals surface area contributed by atoms with Crippen LogP contribution >= 0.6 is 0 Å². The van der Waals surface area contributed by atoms with E-state index in [0.29, 0.717) is 12.2 Å². The summed E-state index contributed by atoms with van der Waals surface area (Å²) in [6.07, 6.45) is 0.344. The topological polar surface area (TPSA) is 54.9 Å². The van der Waals surface area contributed by atoms with Crippen molar-refractivity contribution in [2.75, 3.05) is 5.32 Å². The van der Waals surface area contributed by atoms with Gasteiger partial charge in [0.05, 0.1) is 12.1 Å². The van der Waals surface area contributed by atoms with E-state index in [2.05, 4.69) is 15.5 Å². The van der Waals surface area contributed by atoms with Gasteiger partial charge < -0.3 is 5.32 Å². The molecule has 0 aliphatic rings. The van der Waals surface area contributed by atoms with Gasteiger partial charge in [-0.2, -0.15) is 5.10 Å². The number of rotatable bonds is 3. The van der Waals surface area contributed by atoms with Crippen molar-refractivity contribution in [3.63, 3.8) is 0 Å². The number of hydrogen-bond acceptors (Lipinski definition) is 3. The fourth-order valence-electron chi connectivity index (χ4n) is 1.66. The highest BCUT2D eigenvalue weighted by Gasteiger charge is 2.05. The first-order chi connectivity index (χ1) is 8.63.